The summed E-state index contributed by atoms with van der Waals surface area (Å²) in [5.41, 5.74) is 0.485. The molecule has 2 rings (SSSR count). The van der Waals surface area contributed by atoms with Crippen LogP contribution in [-0.4, -0.2) is 29.3 Å². The fourth-order valence-electron chi connectivity index (χ4n) is 2.30. The Kier molecular flexibility index (Phi) is 2.20. The lowest BCUT2D eigenvalue weighted by molar-refractivity contribution is -0.0834. The van der Waals surface area contributed by atoms with Gasteiger partial charge in [-0.3, -0.25) is 4.90 Å². The van der Waals surface area contributed by atoms with Gasteiger partial charge in [0.05, 0.1) is 5.60 Å². The van der Waals surface area contributed by atoms with Gasteiger partial charge >= 0.3 is 0 Å². The van der Waals surface area contributed by atoms with Crippen LogP contribution in [0, 0.1) is 5.41 Å². The van der Waals surface area contributed by atoms with Crippen LogP contribution in [-0.2, 0) is 4.74 Å². The topological polar surface area (TPSA) is 12.5 Å². The molecule has 1 aliphatic heterocycles. The van der Waals surface area contributed by atoms with Crippen LogP contribution in [0.25, 0.3) is 0 Å². The number of hydrogen-bond donors (Lipinski definition) is 0. The van der Waals surface area contributed by atoms with Gasteiger partial charge in [-0.1, -0.05) is 20.8 Å². The minimum atomic E-state index is 0.232. The lowest BCUT2D eigenvalue weighted by atomic mass is 9.93. The van der Waals surface area contributed by atoms with E-state index < -0.39 is 0 Å². The van der Waals surface area contributed by atoms with E-state index in [1.54, 1.807) is 0 Å². The Morgan fingerprint density at radius 2 is 1.86 bits per heavy atom. The van der Waals surface area contributed by atoms with E-state index in [2.05, 4.69) is 39.5 Å². The van der Waals surface area contributed by atoms with E-state index in [0.29, 0.717) is 12.3 Å². The smallest absolute Gasteiger partial charge is 0.116 e. The average Bonchev–Trinajstić information content (AvgIpc) is 2.58. The Balaban J connectivity index is 2.14. The first kappa shape index (κ1) is 10.4. The molecule has 2 nitrogen and oxygen atoms in total. The Hall–Kier alpha value is -0.0800. The minimum Gasteiger partial charge on any atom is -0.355 e. The van der Waals surface area contributed by atoms with Crippen molar-refractivity contribution in [2.75, 3.05) is 6.54 Å². The summed E-state index contributed by atoms with van der Waals surface area (Å²) >= 11 is 0. The van der Waals surface area contributed by atoms with Crippen molar-refractivity contribution in [1.82, 2.24) is 4.90 Å². The number of nitrogens with zero attached hydrogens (tertiary/aromatic N) is 1. The van der Waals surface area contributed by atoms with Crippen molar-refractivity contribution >= 4 is 0 Å². The molecule has 0 radical (unpaired) electrons. The van der Waals surface area contributed by atoms with Crippen molar-refractivity contribution in [3.05, 3.63) is 0 Å². The Morgan fingerprint density at radius 1 is 1.29 bits per heavy atom. The van der Waals surface area contributed by atoms with E-state index >= 15 is 0 Å². The lowest BCUT2D eigenvalue weighted by Gasteiger charge is -2.35. The first-order valence-electron chi connectivity index (χ1n) is 5.78. The van der Waals surface area contributed by atoms with Gasteiger partial charge in [0.15, 0.2) is 0 Å². The van der Waals surface area contributed by atoms with Crippen molar-refractivity contribution in [3.63, 3.8) is 0 Å². The SMILES string of the molecule is CC(C)N1CC2(CC2)OC1C(C)(C)C. The highest BCUT2D eigenvalue weighted by Gasteiger charge is 2.56. The zero-order chi connectivity index (χ0) is 10.6. The molecule has 0 amide bonds. The summed E-state index contributed by atoms with van der Waals surface area (Å²) in [5.74, 6) is 0. The number of hydrogen-bond acceptors (Lipinski definition) is 2. The molecule has 14 heavy (non-hydrogen) atoms. The van der Waals surface area contributed by atoms with Gasteiger partial charge < -0.3 is 4.74 Å². The van der Waals surface area contributed by atoms with Crippen LogP contribution < -0.4 is 0 Å². The molecule has 1 unspecified atom stereocenters. The van der Waals surface area contributed by atoms with E-state index in [1.807, 2.05) is 0 Å². The monoisotopic (exact) mass is 197 g/mol. The molecule has 1 saturated carbocycles. The van der Waals surface area contributed by atoms with Gasteiger partial charge in [-0.2, -0.15) is 0 Å². The van der Waals surface area contributed by atoms with Gasteiger partial charge in [-0.05, 0) is 26.7 Å². The van der Waals surface area contributed by atoms with Crippen LogP contribution in [0.3, 0.4) is 0 Å². The van der Waals surface area contributed by atoms with Crippen LogP contribution in [0.4, 0.5) is 0 Å². The summed E-state index contributed by atoms with van der Waals surface area (Å²) in [6.45, 7) is 12.5. The standard InChI is InChI=1S/C12H23NO/c1-9(2)13-8-12(6-7-12)14-10(13)11(3,4)5/h9-10H,6-8H2,1-5H3. The molecule has 0 bridgehead atoms. The van der Waals surface area contributed by atoms with E-state index in [1.165, 1.54) is 12.8 Å². The predicted molar refractivity (Wildman–Crippen MR) is 58.1 cm³/mol. The molecule has 0 aromatic carbocycles. The third-order valence-electron chi connectivity index (χ3n) is 3.35. The van der Waals surface area contributed by atoms with Gasteiger partial charge in [-0.15, -0.1) is 0 Å². The highest BCUT2D eigenvalue weighted by atomic mass is 16.5. The molecule has 82 valence electrons. The quantitative estimate of drug-likeness (QED) is 0.640. The summed E-state index contributed by atoms with van der Waals surface area (Å²) in [6, 6.07) is 0.596. The van der Waals surface area contributed by atoms with Crippen LogP contribution in [0.15, 0.2) is 0 Å². The van der Waals surface area contributed by atoms with Crippen molar-refractivity contribution in [2.24, 2.45) is 5.41 Å². The highest BCUT2D eigenvalue weighted by molar-refractivity contribution is 5.05. The summed E-state index contributed by atoms with van der Waals surface area (Å²) in [6.07, 6.45) is 2.84. The fourth-order valence-corrected chi connectivity index (χ4v) is 2.30. The summed E-state index contributed by atoms with van der Waals surface area (Å²) in [7, 11) is 0. The van der Waals surface area contributed by atoms with Crippen molar-refractivity contribution in [3.8, 4) is 0 Å². The van der Waals surface area contributed by atoms with E-state index in [-0.39, 0.29) is 11.0 Å². The van der Waals surface area contributed by atoms with E-state index in [4.69, 9.17) is 4.74 Å². The number of rotatable bonds is 1. The largest absolute Gasteiger partial charge is 0.355 e. The van der Waals surface area contributed by atoms with Crippen LogP contribution >= 0.6 is 0 Å². The predicted octanol–water partition coefficient (Wildman–Crippen LogP) is 2.63. The second-order valence-corrected chi connectivity index (χ2v) is 6.29. The minimum absolute atomic E-state index is 0.232. The average molecular weight is 197 g/mol. The van der Waals surface area contributed by atoms with Gasteiger partial charge in [0.2, 0.25) is 0 Å². The molecular weight excluding hydrogens is 174 g/mol. The summed E-state index contributed by atoms with van der Waals surface area (Å²) in [4.78, 5) is 2.52. The van der Waals surface area contributed by atoms with Crippen molar-refractivity contribution < 1.29 is 4.74 Å². The summed E-state index contributed by atoms with van der Waals surface area (Å²) < 4.78 is 6.22. The summed E-state index contributed by atoms with van der Waals surface area (Å²) in [5, 5.41) is 0. The molecule has 0 aromatic heterocycles. The maximum atomic E-state index is 6.22. The molecule has 1 atom stereocenters. The third kappa shape index (κ3) is 1.70. The Labute approximate surface area is 87.6 Å². The Morgan fingerprint density at radius 3 is 2.14 bits per heavy atom. The molecule has 0 N–H and O–H groups in total. The first-order chi connectivity index (χ1) is 6.34. The molecule has 1 spiro atoms. The van der Waals surface area contributed by atoms with Crippen molar-refractivity contribution in [2.45, 2.75) is 65.3 Å². The van der Waals surface area contributed by atoms with Crippen LogP contribution in [0.1, 0.15) is 47.5 Å². The van der Waals surface area contributed by atoms with Gasteiger partial charge in [0, 0.05) is 18.0 Å². The molecule has 1 heterocycles. The highest BCUT2D eigenvalue weighted by Crippen LogP contribution is 2.49. The number of ether oxygens (including phenoxy) is 1. The maximum absolute atomic E-state index is 6.22. The van der Waals surface area contributed by atoms with Gasteiger partial charge in [0.1, 0.15) is 6.23 Å². The second kappa shape index (κ2) is 2.96. The van der Waals surface area contributed by atoms with E-state index in [0.717, 1.165) is 6.54 Å². The van der Waals surface area contributed by atoms with Crippen LogP contribution in [0.2, 0.25) is 0 Å². The first-order valence-corrected chi connectivity index (χ1v) is 5.78. The second-order valence-electron chi connectivity index (χ2n) is 6.29. The molecular formula is C12H23NO. The van der Waals surface area contributed by atoms with Gasteiger partial charge in [0.25, 0.3) is 0 Å². The zero-order valence-corrected chi connectivity index (χ0v) is 10.1. The Bertz CT molecular complexity index is 225. The zero-order valence-electron chi connectivity index (χ0n) is 10.1. The molecule has 1 aliphatic carbocycles. The fraction of sp³-hybridized carbons (Fsp3) is 1.00. The molecule has 2 fully saturated rings. The lowest BCUT2D eigenvalue weighted by Crippen LogP contribution is -2.43. The third-order valence-corrected chi connectivity index (χ3v) is 3.35. The van der Waals surface area contributed by atoms with Crippen molar-refractivity contribution in [1.29, 1.82) is 0 Å². The van der Waals surface area contributed by atoms with Gasteiger partial charge in [-0.25, -0.2) is 0 Å². The molecule has 1 saturated heterocycles. The van der Waals surface area contributed by atoms with E-state index in [9.17, 15) is 0 Å². The molecule has 0 aromatic rings. The normalized spacial score (nSPS) is 31.7. The maximum Gasteiger partial charge on any atom is 0.116 e. The molecule has 2 aliphatic rings. The molecule has 2 heteroatoms. The van der Waals surface area contributed by atoms with Crippen LogP contribution in [0.5, 0.6) is 0 Å².